The van der Waals surface area contributed by atoms with Crippen LogP contribution in [0.5, 0.6) is 11.5 Å². The SMILES string of the molecule is CCn1nc(C(=O)N2CCN(c3nc4c(OC)ccc(OC)c4s3)CC2)cc1C. The molecule has 0 radical (unpaired) electrons. The zero-order valence-electron chi connectivity index (χ0n) is 17.1. The second-order valence-electron chi connectivity index (χ2n) is 6.91. The third kappa shape index (κ3) is 3.50. The lowest BCUT2D eigenvalue weighted by Gasteiger charge is -2.34. The summed E-state index contributed by atoms with van der Waals surface area (Å²) in [7, 11) is 3.30. The highest BCUT2D eigenvalue weighted by molar-refractivity contribution is 7.22. The van der Waals surface area contributed by atoms with Gasteiger partial charge in [0.05, 0.1) is 14.2 Å². The molecule has 8 nitrogen and oxygen atoms in total. The average molecular weight is 416 g/mol. The molecule has 0 spiro atoms. The monoisotopic (exact) mass is 415 g/mol. The molecule has 0 N–H and O–H groups in total. The molecule has 3 aromatic rings. The fourth-order valence-electron chi connectivity index (χ4n) is 3.61. The van der Waals surface area contributed by atoms with Gasteiger partial charge in [0.15, 0.2) is 10.8 Å². The van der Waals surface area contributed by atoms with E-state index in [1.54, 1.807) is 25.6 Å². The van der Waals surface area contributed by atoms with Crippen molar-refractivity contribution in [2.24, 2.45) is 0 Å². The van der Waals surface area contributed by atoms with Gasteiger partial charge in [-0.05, 0) is 32.0 Å². The van der Waals surface area contributed by atoms with Crippen molar-refractivity contribution >= 4 is 32.6 Å². The largest absolute Gasteiger partial charge is 0.495 e. The Morgan fingerprint density at radius 3 is 2.45 bits per heavy atom. The second kappa shape index (κ2) is 7.90. The summed E-state index contributed by atoms with van der Waals surface area (Å²) < 4.78 is 13.8. The Balaban J connectivity index is 1.50. The molecule has 1 fully saturated rings. The number of ether oxygens (including phenoxy) is 2. The minimum absolute atomic E-state index is 0.00686. The van der Waals surface area contributed by atoms with Gasteiger partial charge in [-0.25, -0.2) is 4.98 Å². The fourth-order valence-corrected chi connectivity index (χ4v) is 4.73. The molecule has 29 heavy (non-hydrogen) atoms. The average Bonchev–Trinajstić information content (AvgIpc) is 3.36. The maximum atomic E-state index is 12.8. The molecule has 1 aromatic carbocycles. The molecular weight excluding hydrogens is 390 g/mol. The molecule has 0 atom stereocenters. The van der Waals surface area contributed by atoms with Crippen LogP contribution in [0.4, 0.5) is 5.13 Å². The van der Waals surface area contributed by atoms with Gasteiger partial charge in [0.25, 0.3) is 5.91 Å². The third-order valence-corrected chi connectivity index (χ3v) is 6.37. The van der Waals surface area contributed by atoms with E-state index in [2.05, 4.69) is 10.00 Å². The number of aryl methyl sites for hydroxylation is 2. The quantitative estimate of drug-likeness (QED) is 0.638. The fraction of sp³-hybridized carbons (Fsp3) is 0.450. The zero-order chi connectivity index (χ0) is 20.5. The summed E-state index contributed by atoms with van der Waals surface area (Å²) in [4.78, 5) is 21.7. The summed E-state index contributed by atoms with van der Waals surface area (Å²) in [5.41, 5.74) is 2.34. The first-order valence-corrected chi connectivity index (χ1v) is 10.5. The Bertz CT molecular complexity index is 995. The van der Waals surface area contributed by atoms with E-state index in [0.717, 1.165) is 52.2 Å². The first-order chi connectivity index (χ1) is 14.0. The number of piperazine rings is 1. The number of hydrogen-bond acceptors (Lipinski definition) is 7. The van der Waals surface area contributed by atoms with Gasteiger partial charge >= 0.3 is 0 Å². The Labute approximate surface area is 173 Å². The van der Waals surface area contributed by atoms with Crippen molar-refractivity contribution in [2.45, 2.75) is 20.4 Å². The summed E-state index contributed by atoms with van der Waals surface area (Å²) in [6.45, 7) is 7.49. The van der Waals surface area contributed by atoms with E-state index < -0.39 is 0 Å². The van der Waals surface area contributed by atoms with Crippen LogP contribution in [0.1, 0.15) is 23.1 Å². The molecule has 0 unspecified atom stereocenters. The van der Waals surface area contributed by atoms with Crippen LogP contribution in [-0.2, 0) is 6.54 Å². The van der Waals surface area contributed by atoms with Crippen LogP contribution in [0, 0.1) is 6.92 Å². The number of methoxy groups -OCH3 is 2. The van der Waals surface area contributed by atoms with Crippen LogP contribution >= 0.6 is 11.3 Å². The number of fused-ring (bicyclic) bond motifs is 1. The number of aromatic nitrogens is 3. The zero-order valence-corrected chi connectivity index (χ0v) is 18.0. The molecule has 1 aliphatic rings. The van der Waals surface area contributed by atoms with Crippen molar-refractivity contribution in [3.63, 3.8) is 0 Å². The Morgan fingerprint density at radius 2 is 1.83 bits per heavy atom. The number of thiazole rings is 1. The van der Waals surface area contributed by atoms with Gasteiger partial charge in [-0.1, -0.05) is 11.3 Å². The maximum absolute atomic E-state index is 12.8. The van der Waals surface area contributed by atoms with Gasteiger partial charge in [-0.2, -0.15) is 5.10 Å². The van der Waals surface area contributed by atoms with E-state index in [4.69, 9.17) is 14.5 Å². The lowest BCUT2D eigenvalue weighted by Crippen LogP contribution is -2.48. The number of nitrogens with zero attached hydrogens (tertiary/aromatic N) is 5. The van der Waals surface area contributed by atoms with Crippen molar-refractivity contribution in [1.29, 1.82) is 0 Å². The second-order valence-corrected chi connectivity index (χ2v) is 7.89. The van der Waals surface area contributed by atoms with E-state index in [9.17, 15) is 4.79 Å². The number of anilines is 1. The number of carbonyl (C=O) groups is 1. The number of amides is 1. The van der Waals surface area contributed by atoms with E-state index in [1.807, 2.05) is 41.6 Å². The molecule has 4 rings (SSSR count). The van der Waals surface area contributed by atoms with Gasteiger partial charge < -0.3 is 19.3 Å². The van der Waals surface area contributed by atoms with Crippen LogP contribution in [0.2, 0.25) is 0 Å². The molecule has 0 saturated carbocycles. The summed E-state index contributed by atoms with van der Waals surface area (Å²) in [5, 5.41) is 5.34. The molecular formula is C20H25N5O3S. The van der Waals surface area contributed by atoms with Gasteiger partial charge in [0.2, 0.25) is 0 Å². The van der Waals surface area contributed by atoms with Crippen LogP contribution in [0.25, 0.3) is 10.2 Å². The smallest absolute Gasteiger partial charge is 0.274 e. The molecule has 1 saturated heterocycles. The van der Waals surface area contributed by atoms with Gasteiger partial charge in [0, 0.05) is 38.4 Å². The van der Waals surface area contributed by atoms with E-state index in [0.29, 0.717) is 18.8 Å². The van der Waals surface area contributed by atoms with Crippen LogP contribution in [0.15, 0.2) is 18.2 Å². The summed E-state index contributed by atoms with van der Waals surface area (Å²) in [6, 6.07) is 5.64. The van der Waals surface area contributed by atoms with Gasteiger partial charge in [0.1, 0.15) is 21.7 Å². The number of hydrogen-bond donors (Lipinski definition) is 0. The van der Waals surface area contributed by atoms with Crippen LogP contribution in [0.3, 0.4) is 0 Å². The molecule has 0 bridgehead atoms. The topological polar surface area (TPSA) is 72.7 Å². The Morgan fingerprint density at radius 1 is 1.14 bits per heavy atom. The number of rotatable bonds is 5. The van der Waals surface area contributed by atoms with Gasteiger partial charge in [-0.3, -0.25) is 9.48 Å². The first-order valence-electron chi connectivity index (χ1n) is 9.66. The standard InChI is InChI=1S/C20H25N5O3S/c1-5-25-13(2)12-14(22-25)19(26)23-8-10-24(11-9-23)20-21-17-15(27-3)6-7-16(28-4)18(17)29-20/h6-7,12H,5,8-11H2,1-4H3. The van der Waals surface area contributed by atoms with Gasteiger partial charge in [-0.15, -0.1) is 0 Å². The predicted molar refractivity (Wildman–Crippen MR) is 113 cm³/mol. The van der Waals surface area contributed by atoms with Crippen LogP contribution < -0.4 is 14.4 Å². The Kier molecular flexibility index (Phi) is 5.31. The van der Waals surface area contributed by atoms with Crippen LogP contribution in [-0.4, -0.2) is 66.0 Å². The van der Waals surface area contributed by atoms with Crippen molar-refractivity contribution in [3.8, 4) is 11.5 Å². The minimum atomic E-state index is -0.00686. The molecule has 9 heteroatoms. The summed E-state index contributed by atoms with van der Waals surface area (Å²) in [5.74, 6) is 1.52. The first kappa shape index (κ1) is 19.5. The van der Waals surface area contributed by atoms with E-state index >= 15 is 0 Å². The molecule has 1 amide bonds. The van der Waals surface area contributed by atoms with Crippen molar-refractivity contribution < 1.29 is 14.3 Å². The predicted octanol–water partition coefficient (Wildman–Crippen LogP) is 2.80. The molecule has 1 aliphatic heterocycles. The Hall–Kier alpha value is -2.81. The highest BCUT2D eigenvalue weighted by Gasteiger charge is 2.26. The molecule has 0 aliphatic carbocycles. The molecule has 2 aromatic heterocycles. The highest BCUT2D eigenvalue weighted by Crippen LogP contribution is 2.40. The third-order valence-electron chi connectivity index (χ3n) is 5.24. The maximum Gasteiger partial charge on any atom is 0.274 e. The van der Waals surface area contributed by atoms with E-state index in [-0.39, 0.29) is 5.91 Å². The minimum Gasteiger partial charge on any atom is -0.495 e. The molecule has 154 valence electrons. The van der Waals surface area contributed by atoms with E-state index in [1.165, 1.54) is 0 Å². The van der Waals surface area contributed by atoms with Crippen molar-refractivity contribution in [2.75, 3.05) is 45.3 Å². The normalized spacial score (nSPS) is 14.5. The summed E-state index contributed by atoms with van der Waals surface area (Å²) in [6.07, 6.45) is 0. The van der Waals surface area contributed by atoms with Crippen molar-refractivity contribution in [1.82, 2.24) is 19.7 Å². The highest BCUT2D eigenvalue weighted by atomic mass is 32.1. The van der Waals surface area contributed by atoms with Crippen molar-refractivity contribution in [3.05, 3.63) is 29.6 Å². The lowest BCUT2D eigenvalue weighted by atomic mass is 10.2. The molecule has 3 heterocycles. The lowest BCUT2D eigenvalue weighted by molar-refractivity contribution is 0.0740. The number of benzene rings is 1. The summed E-state index contributed by atoms with van der Waals surface area (Å²) >= 11 is 1.59. The number of carbonyl (C=O) groups excluding carboxylic acids is 1.